The Balaban J connectivity index is 3.50. The monoisotopic (exact) mass is 175 g/mol. The fourth-order valence-electron chi connectivity index (χ4n) is 1.23. The highest BCUT2D eigenvalue weighted by atomic mass is 16.3. The Morgan fingerprint density at radius 3 is 2.62 bits per heavy atom. The van der Waals surface area contributed by atoms with Crippen LogP contribution >= 0.6 is 0 Å². The van der Waals surface area contributed by atoms with Crippen LogP contribution in [0, 0.1) is 18.3 Å². The minimum Gasteiger partial charge on any atom is -0.506 e. The summed E-state index contributed by atoms with van der Waals surface area (Å²) in [5.41, 5.74) is 1.05. The van der Waals surface area contributed by atoms with E-state index in [0.717, 1.165) is 0 Å². The molecule has 13 heavy (non-hydrogen) atoms. The van der Waals surface area contributed by atoms with Crippen molar-refractivity contribution >= 4 is 5.78 Å². The first-order valence-corrected chi connectivity index (χ1v) is 3.81. The molecule has 0 heterocycles. The molecule has 1 aromatic carbocycles. The number of benzene rings is 1. The lowest BCUT2D eigenvalue weighted by molar-refractivity contribution is 0.101. The molecule has 0 amide bonds. The van der Waals surface area contributed by atoms with Gasteiger partial charge in [0.05, 0.1) is 11.1 Å². The van der Waals surface area contributed by atoms with Crippen LogP contribution in [-0.4, -0.2) is 10.9 Å². The first-order chi connectivity index (χ1) is 6.07. The standard InChI is InChI=1S/C10H9NO2/c1-6-3-4-8(5-11)10(13)9(6)7(2)12/h3-4,13H,1-2H3. The number of Topliss-reactive ketones (excluding diaryl/α,β-unsaturated/α-hetero) is 1. The van der Waals surface area contributed by atoms with Crippen molar-refractivity contribution in [2.75, 3.05) is 0 Å². The molecule has 1 rings (SSSR count). The fraction of sp³-hybridized carbons (Fsp3) is 0.200. The zero-order valence-corrected chi connectivity index (χ0v) is 7.46. The molecule has 0 aromatic heterocycles. The highest BCUT2D eigenvalue weighted by molar-refractivity contribution is 5.98. The van der Waals surface area contributed by atoms with Crippen molar-refractivity contribution in [1.29, 1.82) is 5.26 Å². The van der Waals surface area contributed by atoms with Crippen molar-refractivity contribution in [3.8, 4) is 11.8 Å². The Labute approximate surface area is 76.2 Å². The molecule has 0 atom stereocenters. The summed E-state index contributed by atoms with van der Waals surface area (Å²) in [7, 11) is 0. The van der Waals surface area contributed by atoms with Gasteiger partial charge < -0.3 is 5.11 Å². The maximum Gasteiger partial charge on any atom is 0.163 e. The minimum absolute atomic E-state index is 0.135. The van der Waals surface area contributed by atoms with Gasteiger partial charge in [-0.2, -0.15) is 5.26 Å². The van der Waals surface area contributed by atoms with Crippen LogP contribution in [0.15, 0.2) is 12.1 Å². The Hall–Kier alpha value is -1.82. The van der Waals surface area contributed by atoms with Crippen LogP contribution in [0.3, 0.4) is 0 Å². The molecule has 3 nitrogen and oxygen atoms in total. The van der Waals surface area contributed by atoms with Gasteiger partial charge in [-0.15, -0.1) is 0 Å². The molecular weight excluding hydrogens is 166 g/mol. The summed E-state index contributed by atoms with van der Waals surface area (Å²) in [6, 6.07) is 4.96. The molecule has 0 saturated carbocycles. The van der Waals surface area contributed by atoms with E-state index in [9.17, 15) is 9.90 Å². The number of phenolic OH excluding ortho intramolecular Hbond substituents is 1. The van der Waals surface area contributed by atoms with Crippen molar-refractivity contribution < 1.29 is 9.90 Å². The Morgan fingerprint density at radius 2 is 2.15 bits per heavy atom. The number of nitriles is 1. The van der Waals surface area contributed by atoms with Crippen LogP contribution in [0.2, 0.25) is 0 Å². The van der Waals surface area contributed by atoms with Crippen LogP contribution in [0.25, 0.3) is 0 Å². The number of phenols is 1. The van der Waals surface area contributed by atoms with Crippen LogP contribution < -0.4 is 0 Å². The van der Waals surface area contributed by atoms with E-state index in [1.807, 2.05) is 6.07 Å². The summed E-state index contributed by atoms with van der Waals surface area (Å²) in [4.78, 5) is 11.1. The van der Waals surface area contributed by atoms with Crippen LogP contribution in [0.5, 0.6) is 5.75 Å². The van der Waals surface area contributed by atoms with Gasteiger partial charge >= 0.3 is 0 Å². The SMILES string of the molecule is CC(=O)c1c(C)ccc(C#N)c1O. The van der Waals surface area contributed by atoms with Crippen molar-refractivity contribution in [2.24, 2.45) is 0 Å². The van der Waals surface area contributed by atoms with Gasteiger partial charge in [0.15, 0.2) is 5.78 Å². The number of rotatable bonds is 1. The minimum atomic E-state index is -0.230. The molecule has 0 aliphatic carbocycles. The predicted octanol–water partition coefficient (Wildman–Crippen LogP) is 1.77. The summed E-state index contributed by atoms with van der Waals surface area (Å²) < 4.78 is 0. The smallest absolute Gasteiger partial charge is 0.163 e. The van der Waals surface area contributed by atoms with E-state index in [-0.39, 0.29) is 22.7 Å². The van der Waals surface area contributed by atoms with E-state index in [1.165, 1.54) is 13.0 Å². The second kappa shape index (κ2) is 3.28. The molecule has 0 spiro atoms. The summed E-state index contributed by atoms with van der Waals surface area (Å²) in [6.45, 7) is 3.08. The lowest BCUT2D eigenvalue weighted by Crippen LogP contribution is -1.98. The van der Waals surface area contributed by atoms with Gasteiger partial charge in [0.2, 0.25) is 0 Å². The van der Waals surface area contributed by atoms with Gasteiger partial charge in [0.25, 0.3) is 0 Å². The average Bonchev–Trinajstić information content (AvgIpc) is 2.04. The molecule has 0 radical (unpaired) electrons. The Kier molecular flexibility index (Phi) is 2.34. The zero-order chi connectivity index (χ0) is 10.0. The molecule has 66 valence electrons. The highest BCUT2D eigenvalue weighted by Gasteiger charge is 2.13. The van der Waals surface area contributed by atoms with Crippen molar-refractivity contribution in [3.63, 3.8) is 0 Å². The van der Waals surface area contributed by atoms with Crippen molar-refractivity contribution in [3.05, 3.63) is 28.8 Å². The second-order valence-corrected chi connectivity index (χ2v) is 2.82. The molecule has 1 N–H and O–H groups in total. The molecule has 0 aliphatic rings. The van der Waals surface area contributed by atoms with E-state index < -0.39 is 0 Å². The summed E-state index contributed by atoms with van der Waals surface area (Å²) in [5, 5.41) is 18.1. The Morgan fingerprint density at radius 1 is 1.54 bits per heavy atom. The number of carbonyl (C=O) groups excluding carboxylic acids is 1. The lowest BCUT2D eigenvalue weighted by atomic mass is 10.0. The molecule has 3 heteroatoms. The summed E-state index contributed by atoms with van der Waals surface area (Å²) >= 11 is 0. The van der Waals surface area contributed by atoms with E-state index >= 15 is 0 Å². The molecule has 0 saturated heterocycles. The maximum absolute atomic E-state index is 11.1. The van der Waals surface area contributed by atoms with E-state index in [0.29, 0.717) is 5.56 Å². The summed E-state index contributed by atoms with van der Waals surface area (Å²) in [6.07, 6.45) is 0. The molecule has 0 aliphatic heterocycles. The maximum atomic E-state index is 11.1. The van der Waals surface area contributed by atoms with E-state index in [1.54, 1.807) is 13.0 Å². The third-order valence-electron chi connectivity index (χ3n) is 1.86. The largest absolute Gasteiger partial charge is 0.506 e. The van der Waals surface area contributed by atoms with Gasteiger partial charge in [-0.25, -0.2) is 0 Å². The van der Waals surface area contributed by atoms with Crippen LogP contribution in [0.1, 0.15) is 28.4 Å². The zero-order valence-electron chi connectivity index (χ0n) is 7.46. The van der Waals surface area contributed by atoms with Crippen LogP contribution in [0.4, 0.5) is 0 Å². The fourth-order valence-corrected chi connectivity index (χ4v) is 1.23. The Bertz CT molecular complexity index is 402. The number of hydrogen-bond donors (Lipinski definition) is 1. The summed E-state index contributed by atoms with van der Waals surface area (Å²) in [5.74, 6) is -0.442. The van der Waals surface area contributed by atoms with Crippen LogP contribution in [-0.2, 0) is 0 Å². The van der Waals surface area contributed by atoms with Gasteiger partial charge in [-0.05, 0) is 25.5 Å². The second-order valence-electron chi connectivity index (χ2n) is 2.82. The van der Waals surface area contributed by atoms with Gasteiger partial charge in [-0.1, -0.05) is 6.07 Å². The van der Waals surface area contributed by atoms with Gasteiger partial charge in [-0.3, -0.25) is 4.79 Å². The number of aryl methyl sites for hydroxylation is 1. The number of nitrogens with zero attached hydrogens (tertiary/aromatic N) is 1. The highest BCUT2D eigenvalue weighted by Crippen LogP contribution is 2.25. The molecular formula is C10H9NO2. The average molecular weight is 175 g/mol. The third kappa shape index (κ3) is 1.52. The van der Waals surface area contributed by atoms with Crippen molar-refractivity contribution in [2.45, 2.75) is 13.8 Å². The van der Waals surface area contributed by atoms with Crippen molar-refractivity contribution in [1.82, 2.24) is 0 Å². The normalized spacial score (nSPS) is 9.31. The van der Waals surface area contributed by atoms with Gasteiger partial charge in [0, 0.05) is 0 Å². The quantitative estimate of drug-likeness (QED) is 0.661. The molecule has 0 bridgehead atoms. The number of carbonyl (C=O) groups is 1. The van der Waals surface area contributed by atoms with E-state index in [4.69, 9.17) is 5.26 Å². The predicted molar refractivity (Wildman–Crippen MR) is 47.6 cm³/mol. The number of hydrogen-bond acceptors (Lipinski definition) is 3. The molecule has 0 unspecified atom stereocenters. The number of aromatic hydroxyl groups is 1. The first-order valence-electron chi connectivity index (χ1n) is 3.81. The third-order valence-corrected chi connectivity index (χ3v) is 1.86. The first kappa shape index (κ1) is 9.27. The lowest BCUT2D eigenvalue weighted by Gasteiger charge is -2.05. The number of ketones is 1. The molecule has 0 fully saturated rings. The topological polar surface area (TPSA) is 61.1 Å². The van der Waals surface area contributed by atoms with Gasteiger partial charge in [0.1, 0.15) is 11.8 Å². The molecule has 1 aromatic rings. The van der Waals surface area contributed by atoms with E-state index in [2.05, 4.69) is 0 Å².